The molecule has 1 amide bonds. The van der Waals surface area contributed by atoms with Crippen LogP contribution in [0, 0.1) is 5.92 Å². The van der Waals surface area contributed by atoms with Gasteiger partial charge in [-0.15, -0.1) is 0 Å². The summed E-state index contributed by atoms with van der Waals surface area (Å²) in [5, 5.41) is 20.4. The van der Waals surface area contributed by atoms with Crippen LogP contribution in [0.2, 0.25) is 0 Å². The summed E-state index contributed by atoms with van der Waals surface area (Å²) in [5.74, 6) is -2.10. The monoisotopic (exact) mass is 310 g/mol. The van der Waals surface area contributed by atoms with Gasteiger partial charge in [-0.2, -0.15) is 0 Å². The van der Waals surface area contributed by atoms with Gasteiger partial charge in [0.25, 0.3) is 0 Å². The smallest absolute Gasteiger partial charge is 0.337 e. The van der Waals surface area contributed by atoms with E-state index in [0.29, 0.717) is 0 Å². The van der Waals surface area contributed by atoms with E-state index in [1.54, 1.807) is 0 Å². The molecule has 118 valence electrons. The summed E-state index contributed by atoms with van der Waals surface area (Å²) >= 11 is 0. The van der Waals surface area contributed by atoms with Gasteiger partial charge in [-0.1, -0.05) is 13.8 Å². The highest BCUT2D eigenvalue weighted by atomic mass is 32.2. The molecule has 0 aromatic heterocycles. The number of carbonyl (C=O) groups is 2. The summed E-state index contributed by atoms with van der Waals surface area (Å²) in [4.78, 5) is 22.6. The van der Waals surface area contributed by atoms with Crippen molar-refractivity contribution in [3.63, 3.8) is 0 Å². The standard InChI is InChI=1S/C11H22N2O6S/c1-7(2)5-8(13-20(4,18)19)9(14)12-6-11(3,17)10(15)16/h7-8,13,17H,5-6H2,1-4H3,(H,12,14)(H,15,16). The Morgan fingerprint density at radius 3 is 2.15 bits per heavy atom. The zero-order valence-corrected chi connectivity index (χ0v) is 12.8. The second-order valence-electron chi connectivity index (χ2n) is 5.37. The van der Waals surface area contributed by atoms with E-state index in [2.05, 4.69) is 10.0 Å². The van der Waals surface area contributed by atoms with Crippen molar-refractivity contribution in [1.82, 2.24) is 10.0 Å². The lowest BCUT2D eigenvalue weighted by atomic mass is 10.0. The van der Waals surface area contributed by atoms with Gasteiger partial charge in [-0.3, -0.25) is 4.79 Å². The number of sulfonamides is 1. The minimum absolute atomic E-state index is 0.0555. The van der Waals surface area contributed by atoms with E-state index < -0.39 is 40.1 Å². The molecule has 0 spiro atoms. The highest BCUT2D eigenvalue weighted by Gasteiger charge is 2.32. The number of carboxylic acid groups (broad SMARTS) is 1. The molecule has 2 unspecified atom stereocenters. The van der Waals surface area contributed by atoms with Crippen LogP contribution in [0.3, 0.4) is 0 Å². The summed E-state index contributed by atoms with van der Waals surface area (Å²) in [6, 6.07) is -1.01. The SMILES string of the molecule is CC(C)CC(NS(C)(=O)=O)C(=O)NCC(C)(O)C(=O)O. The van der Waals surface area contributed by atoms with Crippen molar-refractivity contribution in [2.24, 2.45) is 5.92 Å². The van der Waals surface area contributed by atoms with Crippen molar-refractivity contribution in [2.75, 3.05) is 12.8 Å². The Labute approximate surface area is 118 Å². The number of nitrogens with one attached hydrogen (secondary N) is 2. The Balaban J connectivity index is 4.76. The molecular weight excluding hydrogens is 288 g/mol. The predicted molar refractivity (Wildman–Crippen MR) is 72.5 cm³/mol. The summed E-state index contributed by atoms with van der Waals surface area (Å²) in [5.41, 5.74) is -2.11. The molecule has 0 aromatic rings. The maximum absolute atomic E-state index is 11.9. The minimum atomic E-state index is -3.57. The van der Waals surface area contributed by atoms with Gasteiger partial charge in [0.1, 0.15) is 6.04 Å². The number of aliphatic carboxylic acids is 1. The average molecular weight is 310 g/mol. The van der Waals surface area contributed by atoms with E-state index in [1.807, 2.05) is 13.8 Å². The average Bonchev–Trinajstić information content (AvgIpc) is 2.22. The molecular formula is C11H22N2O6S. The van der Waals surface area contributed by atoms with Crippen molar-refractivity contribution in [3.8, 4) is 0 Å². The van der Waals surface area contributed by atoms with Crippen molar-refractivity contribution >= 4 is 21.9 Å². The number of hydrogen-bond donors (Lipinski definition) is 4. The number of carbonyl (C=O) groups excluding carboxylic acids is 1. The molecule has 2 atom stereocenters. The molecule has 0 aromatic carbocycles. The van der Waals surface area contributed by atoms with Gasteiger partial charge >= 0.3 is 5.97 Å². The highest BCUT2D eigenvalue weighted by molar-refractivity contribution is 7.88. The molecule has 0 aliphatic carbocycles. The number of amides is 1. The van der Waals surface area contributed by atoms with Crippen LogP contribution in [0.5, 0.6) is 0 Å². The molecule has 0 rings (SSSR count). The first-order valence-electron chi connectivity index (χ1n) is 6.06. The van der Waals surface area contributed by atoms with Crippen LogP contribution in [-0.4, -0.2) is 55.0 Å². The van der Waals surface area contributed by atoms with Crippen LogP contribution < -0.4 is 10.0 Å². The van der Waals surface area contributed by atoms with Crippen LogP contribution in [0.15, 0.2) is 0 Å². The van der Waals surface area contributed by atoms with Gasteiger partial charge in [-0.25, -0.2) is 17.9 Å². The van der Waals surface area contributed by atoms with Crippen LogP contribution in [0.1, 0.15) is 27.2 Å². The molecule has 9 heteroatoms. The first-order chi connectivity index (χ1) is 8.85. The summed E-state index contributed by atoms with van der Waals surface area (Å²) < 4.78 is 24.6. The van der Waals surface area contributed by atoms with Crippen LogP contribution >= 0.6 is 0 Å². The van der Waals surface area contributed by atoms with Crippen molar-refractivity contribution in [1.29, 1.82) is 0 Å². The van der Waals surface area contributed by atoms with E-state index in [9.17, 15) is 23.1 Å². The van der Waals surface area contributed by atoms with E-state index in [4.69, 9.17) is 5.11 Å². The van der Waals surface area contributed by atoms with Crippen molar-refractivity contribution in [3.05, 3.63) is 0 Å². The fourth-order valence-electron chi connectivity index (χ4n) is 1.40. The minimum Gasteiger partial charge on any atom is -0.479 e. The summed E-state index contributed by atoms with van der Waals surface area (Å²) in [6.45, 7) is 4.16. The van der Waals surface area contributed by atoms with Gasteiger partial charge < -0.3 is 15.5 Å². The van der Waals surface area contributed by atoms with E-state index >= 15 is 0 Å². The van der Waals surface area contributed by atoms with Gasteiger partial charge in [0.05, 0.1) is 12.8 Å². The quantitative estimate of drug-likeness (QED) is 0.450. The van der Waals surface area contributed by atoms with Gasteiger partial charge in [0, 0.05) is 0 Å². The first kappa shape index (κ1) is 18.8. The molecule has 8 nitrogen and oxygen atoms in total. The molecule has 4 N–H and O–H groups in total. The lowest BCUT2D eigenvalue weighted by Gasteiger charge is -2.22. The van der Waals surface area contributed by atoms with E-state index in [-0.39, 0.29) is 12.3 Å². The lowest BCUT2D eigenvalue weighted by Crippen LogP contribution is -2.52. The maximum atomic E-state index is 11.9. The molecule has 0 heterocycles. The summed E-state index contributed by atoms with van der Waals surface area (Å²) in [7, 11) is -3.57. The molecule has 0 bridgehead atoms. The second-order valence-corrected chi connectivity index (χ2v) is 7.15. The van der Waals surface area contributed by atoms with E-state index in [1.165, 1.54) is 0 Å². The molecule has 0 aliphatic heterocycles. The molecule has 0 aliphatic rings. The molecule has 0 saturated carbocycles. The lowest BCUT2D eigenvalue weighted by molar-refractivity contribution is -0.156. The van der Waals surface area contributed by atoms with Crippen LogP contribution in [0.4, 0.5) is 0 Å². The van der Waals surface area contributed by atoms with Crippen molar-refractivity contribution < 1.29 is 28.2 Å². The van der Waals surface area contributed by atoms with Crippen LogP contribution in [-0.2, 0) is 19.6 Å². The Morgan fingerprint density at radius 2 is 1.80 bits per heavy atom. The molecule has 20 heavy (non-hydrogen) atoms. The normalized spacial score (nSPS) is 16.5. The first-order valence-corrected chi connectivity index (χ1v) is 7.95. The largest absolute Gasteiger partial charge is 0.479 e. The third-order valence-corrected chi connectivity index (χ3v) is 3.16. The molecule has 0 fully saturated rings. The van der Waals surface area contributed by atoms with Crippen molar-refractivity contribution in [2.45, 2.75) is 38.8 Å². The van der Waals surface area contributed by atoms with E-state index in [0.717, 1.165) is 13.2 Å². The maximum Gasteiger partial charge on any atom is 0.337 e. The zero-order chi connectivity index (χ0) is 16.1. The van der Waals surface area contributed by atoms with Crippen LogP contribution in [0.25, 0.3) is 0 Å². The Morgan fingerprint density at radius 1 is 1.30 bits per heavy atom. The highest BCUT2D eigenvalue weighted by Crippen LogP contribution is 2.07. The molecule has 0 radical (unpaired) electrons. The Hall–Kier alpha value is -1.19. The molecule has 0 saturated heterocycles. The summed E-state index contributed by atoms with van der Waals surface area (Å²) in [6.07, 6.45) is 1.19. The number of carboxylic acids is 1. The van der Waals surface area contributed by atoms with Gasteiger partial charge in [0.15, 0.2) is 5.60 Å². The zero-order valence-electron chi connectivity index (χ0n) is 12.0. The number of hydrogen-bond acceptors (Lipinski definition) is 5. The van der Waals surface area contributed by atoms with Gasteiger partial charge in [-0.05, 0) is 19.3 Å². The predicted octanol–water partition coefficient (Wildman–Crippen LogP) is -1.10. The second kappa shape index (κ2) is 7.00. The third-order valence-electron chi connectivity index (χ3n) is 2.45. The Bertz CT molecular complexity index is 458. The van der Waals surface area contributed by atoms with Gasteiger partial charge in [0.2, 0.25) is 15.9 Å². The third kappa shape index (κ3) is 7.41. The fourth-order valence-corrected chi connectivity index (χ4v) is 2.12. The number of rotatable bonds is 8. The topological polar surface area (TPSA) is 133 Å². The fraction of sp³-hybridized carbons (Fsp3) is 0.818. The number of aliphatic hydroxyl groups is 1. The Kier molecular flexibility index (Phi) is 6.59.